The topological polar surface area (TPSA) is 17.1 Å². The molecule has 0 radical (unpaired) electrons. The van der Waals surface area contributed by atoms with Gasteiger partial charge in [0.2, 0.25) is 0 Å². The summed E-state index contributed by atoms with van der Waals surface area (Å²) in [4.78, 5) is 9.91. The molecule has 0 N–H and O–H groups in total. The minimum Gasteiger partial charge on any atom is -0.299 e. The molecule has 0 aliphatic rings. The van der Waals surface area contributed by atoms with Crippen molar-refractivity contribution in [2.24, 2.45) is 0 Å². The summed E-state index contributed by atoms with van der Waals surface area (Å²) < 4.78 is 0. The molecule has 0 aromatic rings. The van der Waals surface area contributed by atoms with Gasteiger partial charge in [0.15, 0.2) is 0 Å². The van der Waals surface area contributed by atoms with Crippen LogP contribution in [0.1, 0.15) is 39.0 Å². The molecule has 0 heterocycles. The first-order valence-electron chi connectivity index (χ1n) is 6.35. The molecule has 0 aromatic heterocycles. The van der Waals surface area contributed by atoms with E-state index in [-0.39, 0.29) is 0 Å². The van der Waals surface area contributed by atoms with Gasteiger partial charge >= 0.3 is 0 Å². The first kappa shape index (κ1) is 16.0. The maximum absolute atomic E-state index is 9.91. The number of carbonyl (C=O) groups excluding carboxylic acids is 1. The van der Waals surface area contributed by atoms with Gasteiger partial charge < -0.3 is 0 Å². The lowest BCUT2D eigenvalue weighted by Crippen LogP contribution is -1.72. The fraction of sp³-hybridized carbons (Fsp3) is 0.353. The number of rotatable bonds is 7. The standard InChI is InChI=1S/C17H20O/c1-2-3-4-5-6-7-8-9-10-11-12-13-14-15-16-17-18/h7-10,15-17H,2-6H2,1H3/b8-7+,10-9+,16-15+. The van der Waals surface area contributed by atoms with Crippen molar-refractivity contribution in [3.8, 4) is 23.7 Å². The van der Waals surface area contributed by atoms with E-state index in [0.717, 1.165) is 6.42 Å². The summed E-state index contributed by atoms with van der Waals surface area (Å²) in [5, 5.41) is 0. The number of carbonyl (C=O) groups is 1. The minimum atomic E-state index is 0.688. The Kier molecular flexibility index (Phi) is 13.4. The average molecular weight is 240 g/mol. The summed E-state index contributed by atoms with van der Waals surface area (Å²) in [6.45, 7) is 2.22. The lowest BCUT2D eigenvalue weighted by molar-refractivity contribution is -0.104. The van der Waals surface area contributed by atoms with Crippen LogP contribution in [0.3, 0.4) is 0 Å². The molecule has 1 nitrogen and oxygen atoms in total. The van der Waals surface area contributed by atoms with Crippen LogP contribution in [0.25, 0.3) is 0 Å². The zero-order valence-corrected chi connectivity index (χ0v) is 11.0. The molecule has 0 atom stereocenters. The Balaban J connectivity index is 3.66. The zero-order chi connectivity index (χ0) is 13.3. The van der Waals surface area contributed by atoms with Crippen molar-refractivity contribution < 1.29 is 4.79 Å². The molecular weight excluding hydrogens is 220 g/mol. The molecule has 94 valence electrons. The van der Waals surface area contributed by atoms with Crippen LogP contribution in [0.5, 0.6) is 0 Å². The van der Waals surface area contributed by atoms with Crippen LogP contribution < -0.4 is 0 Å². The lowest BCUT2D eigenvalue weighted by atomic mass is 10.1. The first-order chi connectivity index (χ1) is 8.91. The average Bonchev–Trinajstić information content (AvgIpc) is 2.39. The molecule has 0 saturated heterocycles. The third kappa shape index (κ3) is 14.0. The van der Waals surface area contributed by atoms with Crippen LogP contribution in [0, 0.1) is 23.7 Å². The second-order valence-electron chi connectivity index (χ2n) is 3.67. The van der Waals surface area contributed by atoms with E-state index in [1.807, 2.05) is 12.2 Å². The van der Waals surface area contributed by atoms with Crippen molar-refractivity contribution in [3.63, 3.8) is 0 Å². The van der Waals surface area contributed by atoms with Gasteiger partial charge in [0.25, 0.3) is 0 Å². The highest BCUT2D eigenvalue weighted by Gasteiger charge is 1.82. The quantitative estimate of drug-likeness (QED) is 0.217. The third-order valence-electron chi connectivity index (χ3n) is 2.12. The van der Waals surface area contributed by atoms with Gasteiger partial charge in [-0.15, -0.1) is 0 Å². The maximum atomic E-state index is 9.91. The fourth-order valence-electron chi connectivity index (χ4n) is 1.21. The second kappa shape index (κ2) is 15.0. The van der Waals surface area contributed by atoms with Gasteiger partial charge in [0, 0.05) is 0 Å². The van der Waals surface area contributed by atoms with Crippen LogP contribution in [-0.4, -0.2) is 6.29 Å². The summed E-state index contributed by atoms with van der Waals surface area (Å²) in [5.41, 5.74) is 0. The van der Waals surface area contributed by atoms with Gasteiger partial charge in [-0.25, -0.2) is 0 Å². The summed E-state index contributed by atoms with van der Waals surface area (Å²) in [6, 6.07) is 0. The zero-order valence-electron chi connectivity index (χ0n) is 11.0. The van der Waals surface area contributed by atoms with E-state index in [4.69, 9.17) is 0 Å². The fourth-order valence-corrected chi connectivity index (χ4v) is 1.21. The molecule has 0 amide bonds. The van der Waals surface area contributed by atoms with E-state index in [2.05, 4.69) is 36.7 Å². The van der Waals surface area contributed by atoms with Crippen LogP contribution in [0.2, 0.25) is 0 Å². The monoisotopic (exact) mass is 240 g/mol. The summed E-state index contributed by atoms with van der Waals surface area (Å²) in [6.07, 6.45) is 17.7. The Bertz CT molecular complexity index is 402. The van der Waals surface area contributed by atoms with E-state index in [1.54, 1.807) is 6.08 Å². The SMILES string of the molecule is CCCCCC/C=C/C=C/C#CC#C/C=C/C=O. The molecular formula is C17H20O. The van der Waals surface area contributed by atoms with E-state index in [1.165, 1.54) is 37.8 Å². The van der Waals surface area contributed by atoms with Gasteiger partial charge in [-0.05, 0) is 42.9 Å². The van der Waals surface area contributed by atoms with E-state index in [9.17, 15) is 4.79 Å². The molecule has 0 unspecified atom stereocenters. The van der Waals surface area contributed by atoms with Crippen LogP contribution in [0.15, 0.2) is 36.5 Å². The lowest BCUT2D eigenvalue weighted by Gasteiger charge is -1.92. The van der Waals surface area contributed by atoms with Crippen LogP contribution in [-0.2, 0) is 4.79 Å². The van der Waals surface area contributed by atoms with Crippen molar-refractivity contribution in [2.45, 2.75) is 39.0 Å². The molecule has 0 saturated carbocycles. The number of unbranched alkanes of at least 4 members (excludes halogenated alkanes) is 4. The Morgan fingerprint density at radius 3 is 2.28 bits per heavy atom. The molecule has 1 heteroatoms. The highest BCUT2D eigenvalue weighted by Crippen LogP contribution is 2.02. The molecule has 18 heavy (non-hydrogen) atoms. The summed E-state index contributed by atoms with van der Waals surface area (Å²) >= 11 is 0. The largest absolute Gasteiger partial charge is 0.299 e. The molecule has 0 fully saturated rings. The van der Waals surface area contributed by atoms with Crippen molar-refractivity contribution in [1.29, 1.82) is 0 Å². The van der Waals surface area contributed by atoms with E-state index >= 15 is 0 Å². The Hall–Kier alpha value is -1.99. The smallest absolute Gasteiger partial charge is 0.143 e. The minimum absolute atomic E-state index is 0.688. The maximum Gasteiger partial charge on any atom is 0.143 e. The molecule has 0 aliphatic carbocycles. The highest BCUT2D eigenvalue weighted by atomic mass is 16.1. The van der Waals surface area contributed by atoms with Crippen LogP contribution >= 0.6 is 0 Å². The van der Waals surface area contributed by atoms with Gasteiger partial charge in [-0.3, -0.25) is 4.79 Å². The Labute approximate surface area is 111 Å². The Morgan fingerprint density at radius 2 is 1.61 bits per heavy atom. The number of aldehydes is 1. The molecule has 0 aromatic carbocycles. The number of allylic oxidation sites excluding steroid dienone is 6. The van der Waals surface area contributed by atoms with Crippen molar-refractivity contribution >= 4 is 6.29 Å². The van der Waals surface area contributed by atoms with Crippen molar-refractivity contribution in [2.75, 3.05) is 0 Å². The molecule has 0 rings (SSSR count). The van der Waals surface area contributed by atoms with Crippen molar-refractivity contribution in [3.05, 3.63) is 36.5 Å². The molecule has 0 bridgehead atoms. The predicted molar refractivity (Wildman–Crippen MR) is 77.8 cm³/mol. The van der Waals surface area contributed by atoms with E-state index < -0.39 is 0 Å². The number of hydrogen-bond donors (Lipinski definition) is 0. The van der Waals surface area contributed by atoms with Crippen LogP contribution in [0.4, 0.5) is 0 Å². The molecule has 0 spiro atoms. The van der Waals surface area contributed by atoms with Gasteiger partial charge in [0.1, 0.15) is 6.29 Å². The number of hydrogen-bond acceptors (Lipinski definition) is 1. The Morgan fingerprint density at radius 1 is 0.889 bits per heavy atom. The normalized spacial score (nSPS) is 10.3. The summed E-state index contributed by atoms with van der Waals surface area (Å²) in [7, 11) is 0. The van der Waals surface area contributed by atoms with Crippen molar-refractivity contribution in [1.82, 2.24) is 0 Å². The first-order valence-corrected chi connectivity index (χ1v) is 6.35. The molecule has 0 aliphatic heterocycles. The highest BCUT2D eigenvalue weighted by molar-refractivity contribution is 5.65. The predicted octanol–water partition coefficient (Wildman–Crippen LogP) is 3.83. The summed E-state index contributed by atoms with van der Waals surface area (Å²) in [5.74, 6) is 10.7. The second-order valence-corrected chi connectivity index (χ2v) is 3.67. The van der Waals surface area contributed by atoms with Gasteiger partial charge in [0.05, 0.1) is 0 Å². The van der Waals surface area contributed by atoms with Gasteiger partial charge in [-0.1, -0.05) is 56.3 Å². The third-order valence-corrected chi connectivity index (χ3v) is 2.12. The van der Waals surface area contributed by atoms with Gasteiger partial charge in [-0.2, -0.15) is 0 Å². The van der Waals surface area contributed by atoms with E-state index in [0.29, 0.717) is 6.29 Å².